The lowest BCUT2D eigenvalue weighted by atomic mass is 10.00. The monoisotopic (exact) mass is 266 g/mol. The average molecular weight is 266 g/mol. The molecule has 0 spiro atoms. The van der Waals surface area contributed by atoms with Crippen molar-refractivity contribution in [1.82, 2.24) is 0 Å². The van der Waals surface area contributed by atoms with Gasteiger partial charge in [0.1, 0.15) is 0 Å². The summed E-state index contributed by atoms with van der Waals surface area (Å²) in [5.74, 6) is -1.93. The van der Waals surface area contributed by atoms with Crippen molar-refractivity contribution in [3.8, 4) is 0 Å². The first kappa shape index (κ1) is 13.5. The third-order valence-electron chi connectivity index (χ3n) is 2.78. The van der Waals surface area contributed by atoms with Crippen molar-refractivity contribution in [2.24, 2.45) is 0 Å². The van der Waals surface area contributed by atoms with Gasteiger partial charge in [-0.2, -0.15) is 0 Å². The summed E-state index contributed by atoms with van der Waals surface area (Å²) < 4.78 is 0. The fraction of sp³-hybridized carbons (Fsp3) is 0. The average Bonchev–Trinajstić information content (AvgIpc) is 2.53. The van der Waals surface area contributed by atoms with Crippen molar-refractivity contribution in [3.05, 3.63) is 71.3 Å². The van der Waals surface area contributed by atoms with Crippen LogP contribution in [0.15, 0.2) is 54.6 Å². The fourth-order valence-corrected chi connectivity index (χ4v) is 1.71. The molecule has 0 radical (unpaired) electrons. The molecule has 0 fully saturated rings. The second-order valence-corrected chi connectivity index (χ2v) is 4.08. The number of rotatable bonds is 5. The van der Waals surface area contributed by atoms with E-state index >= 15 is 0 Å². The molecule has 0 atom stereocenters. The molecule has 98 valence electrons. The molecule has 0 aromatic heterocycles. The van der Waals surface area contributed by atoms with Crippen LogP contribution < -0.4 is 0 Å². The molecule has 2 aromatic rings. The number of carbonyl (C=O) groups excluding carboxylic acids is 4. The summed E-state index contributed by atoms with van der Waals surface area (Å²) in [4.78, 5) is 45.4. The summed E-state index contributed by atoms with van der Waals surface area (Å²) in [7, 11) is 0. The van der Waals surface area contributed by atoms with Crippen molar-refractivity contribution in [1.29, 1.82) is 0 Å². The van der Waals surface area contributed by atoms with Crippen LogP contribution in [-0.2, 0) is 4.79 Å². The van der Waals surface area contributed by atoms with Gasteiger partial charge in [-0.05, 0) is 0 Å². The molecule has 2 rings (SSSR count). The van der Waals surface area contributed by atoms with E-state index in [1.165, 1.54) is 24.3 Å². The largest absolute Gasteiger partial charge is 0.294 e. The van der Waals surface area contributed by atoms with E-state index in [1.54, 1.807) is 30.3 Å². The maximum absolute atomic E-state index is 12.0. The smallest absolute Gasteiger partial charge is 0.233 e. The normalized spacial score (nSPS) is 9.80. The van der Waals surface area contributed by atoms with Crippen LogP contribution in [0.25, 0.3) is 0 Å². The van der Waals surface area contributed by atoms with Gasteiger partial charge >= 0.3 is 0 Å². The maximum Gasteiger partial charge on any atom is 0.233 e. The highest BCUT2D eigenvalue weighted by Crippen LogP contribution is 2.10. The van der Waals surface area contributed by atoms with Crippen LogP contribution in [0.4, 0.5) is 0 Å². The number of Topliss-reactive ketones (excluding diaryl/α,β-unsaturated/α-hetero) is 3. The number of hydrogen-bond acceptors (Lipinski definition) is 4. The molecular weight excluding hydrogens is 256 g/mol. The van der Waals surface area contributed by atoms with Crippen LogP contribution in [0.3, 0.4) is 0 Å². The SMILES string of the molecule is O=CC(=O)c1ccc(C(=O)C(=O)c2ccccc2)cc1. The summed E-state index contributed by atoms with van der Waals surface area (Å²) in [6.07, 6.45) is 0.200. The standard InChI is InChI=1S/C16H10O4/c17-10-14(18)11-6-8-13(9-7-11)16(20)15(19)12-4-2-1-3-5-12/h1-10H. The van der Waals surface area contributed by atoms with Crippen LogP contribution in [0.1, 0.15) is 31.1 Å². The third-order valence-corrected chi connectivity index (χ3v) is 2.78. The molecule has 0 aliphatic carbocycles. The quantitative estimate of drug-likeness (QED) is 0.472. The van der Waals surface area contributed by atoms with Crippen LogP contribution in [0, 0.1) is 0 Å². The van der Waals surface area contributed by atoms with E-state index in [4.69, 9.17) is 0 Å². The summed E-state index contributed by atoms with van der Waals surface area (Å²) in [5.41, 5.74) is 0.676. The zero-order valence-electron chi connectivity index (χ0n) is 10.4. The van der Waals surface area contributed by atoms with Gasteiger partial charge in [-0.15, -0.1) is 0 Å². The van der Waals surface area contributed by atoms with Crippen LogP contribution in [0.2, 0.25) is 0 Å². The lowest BCUT2D eigenvalue weighted by Gasteiger charge is -2.01. The van der Waals surface area contributed by atoms with E-state index in [2.05, 4.69) is 0 Å². The lowest BCUT2D eigenvalue weighted by molar-refractivity contribution is -0.104. The van der Waals surface area contributed by atoms with E-state index in [0.29, 0.717) is 5.56 Å². The van der Waals surface area contributed by atoms with Gasteiger partial charge in [0.2, 0.25) is 17.3 Å². The molecule has 0 amide bonds. The number of hydrogen-bond donors (Lipinski definition) is 0. The number of ketones is 3. The van der Waals surface area contributed by atoms with Gasteiger partial charge in [0, 0.05) is 16.7 Å². The molecule has 4 heteroatoms. The minimum absolute atomic E-state index is 0.182. The Labute approximate surface area is 115 Å². The zero-order chi connectivity index (χ0) is 14.5. The molecule has 0 heterocycles. The minimum atomic E-state index is -0.668. The Kier molecular flexibility index (Phi) is 3.96. The van der Waals surface area contributed by atoms with Gasteiger partial charge in [0.25, 0.3) is 0 Å². The highest BCUT2D eigenvalue weighted by atomic mass is 16.2. The first-order valence-corrected chi connectivity index (χ1v) is 5.87. The van der Waals surface area contributed by atoms with E-state index in [9.17, 15) is 19.2 Å². The third kappa shape index (κ3) is 2.75. The Morgan fingerprint density at radius 1 is 0.650 bits per heavy atom. The van der Waals surface area contributed by atoms with Gasteiger partial charge in [-0.3, -0.25) is 19.2 Å². The highest BCUT2D eigenvalue weighted by molar-refractivity contribution is 6.49. The number of carbonyl (C=O) groups is 4. The van der Waals surface area contributed by atoms with E-state index in [1.807, 2.05) is 0 Å². The Morgan fingerprint density at radius 3 is 1.60 bits per heavy atom. The molecule has 4 nitrogen and oxygen atoms in total. The van der Waals surface area contributed by atoms with Crippen molar-refractivity contribution >= 4 is 23.6 Å². The fourth-order valence-electron chi connectivity index (χ4n) is 1.71. The minimum Gasteiger partial charge on any atom is -0.294 e. The Balaban J connectivity index is 2.24. The predicted molar refractivity (Wildman–Crippen MR) is 71.9 cm³/mol. The Bertz CT molecular complexity index is 669. The zero-order valence-corrected chi connectivity index (χ0v) is 10.4. The first-order chi connectivity index (χ1) is 9.63. The topological polar surface area (TPSA) is 68.3 Å². The maximum atomic E-state index is 12.0. The second-order valence-electron chi connectivity index (χ2n) is 4.08. The molecule has 0 N–H and O–H groups in total. The van der Waals surface area contributed by atoms with Crippen molar-refractivity contribution in [2.75, 3.05) is 0 Å². The summed E-state index contributed by atoms with van der Waals surface area (Å²) in [6.45, 7) is 0. The molecule has 0 aliphatic rings. The number of aldehydes is 1. The van der Waals surface area contributed by atoms with Crippen LogP contribution >= 0.6 is 0 Å². The molecule has 0 saturated carbocycles. The predicted octanol–water partition coefficient (Wildman–Crippen LogP) is 2.13. The van der Waals surface area contributed by atoms with Crippen LogP contribution in [0.5, 0.6) is 0 Å². The summed E-state index contributed by atoms with van der Waals surface area (Å²) in [5, 5.41) is 0. The van der Waals surface area contributed by atoms with Crippen molar-refractivity contribution in [3.63, 3.8) is 0 Å². The molecule has 2 aromatic carbocycles. The number of benzene rings is 2. The molecular formula is C16H10O4. The van der Waals surface area contributed by atoms with Crippen molar-refractivity contribution < 1.29 is 19.2 Å². The van der Waals surface area contributed by atoms with Gasteiger partial charge in [-0.1, -0.05) is 54.6 Å². The summed E-state index contributed by atoms with van der Waals surface area (Å²) >= 11 is 0. The van der Waals surface area contributed by atoms with E-state index < -0.39 is 17.3 Å². The molecule has 0 aliphatic heterocycles. The van der Waals surface area contributed by atoms with Crippen LogP contribution in [-0.4, -0.2) is 23.6 Å². The van der Waals surface area contributed by atoms with Gasteiger partial charge < -0.3 is 0 Å². The Hall–Kier alpha value is -2.88. The second kappa shape index (κ2) is 5.84. The summed E-state index contributed by atoms with van der Waals surface area (Å²) in [6, 6.07) is 13.6. The highest BCUT2D eigenvalue weighted by Gasteiger charge is 2.18. The van der Waals surface area contributed by atoms with Gasteiger partial charge in [0.05, 0.1) is 0 Å². The molecule has 0 bridgehead atoms. The lowest BCUT2D eigenvalue weighted by Crippen LogP contribution is -2.14. The first-order valence-electron chi connectivity index (χ1n) is 5.87. The molecule has 0 unspecified atom stereocenters. The van der Waals surface area contributed by atoms with E-state index in [-0.39, 0.29) is 17.4 Å². The molecule has 20 heavy (non-hydrogen) atoms. The molecule has 0 saturated heterocycles. The van der Waals surface area contributed by atoms with Crippen molar-refractivity contribution in [2.45, 2.75) is 0 Å². The Morgan fingerprint density at radius 2 is 1.10 bits per heavy atom. The van der Waals surface area contributed by atoms with Gasteiger partial charge in [0.15, 0.2) is 6.29 Å². The van der Waals surface area contributed by atoms with Gasteiger partial charge in [-0.25, -0.2) is 0 Å². The van der Waals surface area contributed by atoms with E-state index in [0.717, 1.165) is 0 Å².